The van der Waals surface area contributed by atoms with Crippen LogP contribution in [0.2, 0.25) is 0 Å². The topological polar surface area (TPSA) is 60.9 Å². The van der Waals surface area contributed by atoms with E-state index in [-0.39, 0.29) is 6.03 Å². The summed E-state index contributed by atoms with van der Waals surface area (Å²) in [7, 11) is 1.81. The van der Waals surface area contributed by atoms with Crippen molar-refractivity contribution in [3.05, 3.63) is 0 Å². The van der Waals surface area contributed by atoms with Crippen molar-refractivity contribution in [2.75, 3.05) is 13.6 Å². The zero-order valence-electron chi connectivity index (χ0n) is 11.8. The summed E-state index contributed by atoms with van der Waals surface area (Å²) < 4.78 is 0. The van der Waals surface area contributed by atoms with Gasteiger partial charge in [-0.1, -0.05) is 19.8 Å². The largest absolute Gasteiger partial charge is 0.480 e. The number of carbonyl (C=O) groups excluding carboxylic acids is 1. The van der Waals surface area contributed by atoms with Crippen molar-refractivity contribution in [1.29, 1.82) is 0 Å². The number of hydrogen-bond donors (Lipinski definition) is 1. The summed E-state index contributed by atoms with van der Waals surface area (Å²) in [4.78, 5) is 27.2. The molecular weight excluding hydrogens is 244 g/mol. The van der Waals surface area contributed by atoms with Gasteiger partial charge in [-0.2, -0.15) is 0 Å². The first-order valence-electron chi connectivity index (χ1n) is 7.27. The SMILES string of the molecule is CC1CCN(C(=O)N(C)C2CCCC2)C(C(=O)O)C1. The second-order valence-electron chi connectivity index (χ2n) is 6.01. The van der Waals surface area contributed by atoms with Gasteiger partial charge in [0.15, 0.2) is 0 Å². The minimum Gasteiger partial charge on any atom is -0.480 e. The van der Waals surface area contributed by atoms with Crippen molar-refractivity contribution in [2.45, 2.75) is 57.5 Å². The molecule has 5 heteroatoms. The third-order valence-corrected chi connectivity index (χ3v) is 4.57. The number of aliphatic carboxylic acids is 1. The normalized spacial score (nSPS) is 28.4. The average molecular weight is 268 g/mol. The zero-order chi connectivity index (χ0) is 14.0. The van der Waals surface area contributed by atoms with E-state index in [1.807, 2.05) is 7.05 Å². The monoisotopic (exact) mass is 268 g/mol. The van der Waals surface area contributed by atoms with E-state index in [0.717, 1.165) is 19.3 Å². The smallest absolute Gasteiger partial charge is 0.326 e. The first-order valence-corrected chi connectivity index (χ1v) is 7.27. The molecule has 2 fully saturated rings. The van der Waals surface area contributed by atoms with Crippen LogP contribution in [0, 0.1) is 5.92 Å². The number of piperidine rings is 1. The Morgan fingerprint density at radius 3 is 2.42 bits per heavy atom. The van der Waals surface area contributed by atoms with Crippen LogP contribution in [0.3, 0.4) is 0 Å². The second-order valence-corrected chi connectivity index (χ2v) is 6.01. The number of nitrogens with zero attached hydrogens (tertiary/aromatic N) is 2. The quantitative estimate of drug-likeness (QED) is 0.835. The van der Waals surface area contributed by atoms with Gasteiger partial charge in [-0.15, -0.1) is 0 Å². The molecule has 1 heterocycles. The van der Waals surface area contributed by atoms with Crippen molar-refractivity contribution in [1.82, 2.24) is 9.80 Å². The molecule has 1 saturated carbocycles. The molecule has 0 spiro atoms. The van der Waals surface area contributed by atoms with E-state index in [9.17, 15) is 14.7 Å². The van der Waals surface area contributed by atoms with E-state index in [2.05, 4.69) is 6.92 Å². The fourth-order valence-corrected chi connectivity index (χ4v) is 3.25. The third-order valence-electron chi connectivity index (χ3n) is 4.57. The molecule has 0 radical (unpaired) electrons. The molecule has 19 heavy (non-hydrogen) atoms. The van der Waals surface area contributed by atoms with Crippen LogP contribution in [0.15, 0.2) is 0 Å². The predicted molar refractivity (Wildman–Crippen MR) is 71.9 cm³/mol. The molecule has 2 rings (SSSR count). The Morgan fingerprint density at radius 1 is 1.21 bits per heavy atom. The number of urea groups is 1. The summed E-state index contributed by atoms with van der Waals surface area (Å²) >= 11 is 0. The van der Waals surface area contributed by atoms with E-state index in [0.29, 0.717) is 24.9 Å². The van der Waals surface area contributed by atoms with Crippen molar-refractivity contribution in [2.24, 2.45) is 5.92 Å². The second kappa shape index (κ2) is 5.80. The highest BCUT2D eigenvalue weighted by atomic mass is 16.4. The van der Waals surface area contributed by atoms with E-state index in [4.69, 9.17) is 0 Å². The van der Waals surface area contributed by atoms with Gasteiger partial charge in [0.25, 0.3) is 0 Å². The summed E-state index contributed by atoms with van der Waals surface area (Å²) in [5.41, 5.74) is 0. The van der Waals surface area contributed by atoms with E-state index >= 15 is 0 Å². The molecule has 0 aromatic carbocycles. The van der Waals surface area contributed by atoms with Crippen LogP contribution in [0.5, 0.6) is 0 Å². The number of hydrogen-bond acceptors (Lipinski definition) is 2. The Bertz CT molecular complexity index is 353. The maximum absolute atomic E-state index is 12.5. The summed E-state index contributed by atoms with van der Waals surface area (Å²) in [6.07, 6.45) is 5.89. The van der Waals surface area contributed by atoms with Crippen molar-refractivity contribution in [3.8, 4) is 0 Å². The van der Waals surface area contributed by atoms with Crippen LogP contribution in [-0.2, 0) is 4.79 Å². The number of likely N-dealkylation sites (tertiary alicyclic amines) is 1. The van der Waals surface area contributed by atoms with E-state index in [1.54, 1.807) is 9.80 Å². The molecule has 5 nitrogen and oxygen atoms in total. The number of carboxylic acids is 1. The van der Waals surface area contributed by atoms with E-state index in [1.165, 1.54) is 12.8 Å². The van der Waals surface area contributed by atoms with Crippen molar-refractivity contribution >= 4 is 12.0 Å². The van der Waals surface area contributed by atoms with Crippen LogP contribution in [-0.4, -0.2) is 52.6 Å². The van der Waals surface area contributed by atoms with Crippen LogP contribution in [0.1, 0.15) is 45.4 Å². The Balaban J connectivity index is 2.05. The third kappa shape index (κ3) is 3.01. The molecule has 0 aromatic rings. The molecule has 1 aliphatic carbocycles. The summed E-state index contributed by atoms with van der Waals surface area (Å²) in [5.74, 6) is -0.498. The Labute approximate surface area is 114 Å². The molecule has 2 aliphatic rings. The predicted octanol–water partition coefficient (Wildman–Crippen LogP) is 2.17. The minimum absolute atomic E-state index is 0.105. The van der Waals surface area contributed by atoms with Gasteiger partial charge < -0.3 is 14.9 Å². The number of carboxylic acid groups (broad SMARTS) is 1. The molecule has 2 amide bonds. The molecule has 0 bridgehead atoms. The van der Waals surface area contributed by atoms with Gasteiger partial charge in [0.05, 0.1) is 0 Å². The molecule has 2 atom stereocenters. The molecule has 1 saturated heterocycles. The van der Waals surface area contributed by atoms with E-state index < -0.39 is 12.0 Å². The standard InChI is InChI=1S/C14H24N2O3/c1-10-7-8-16(12(9-10)13(17)18)14(19)15(2)11-5-3-4-6-11/h10-12H,3-9H2,1-2H3,(H,17,18). The highest BCUT2D eigenvalue weighted by Gasteiger charge is 2.37. The highest BCUT2D eigenvalue weighted by molar-refractivity contribution is 5.83. The van der Waals surface area contributed by atoms with Crippen molar-refractivity contribution < 1.29 is 14.7 Å². The first kappa shape index (κ1) is 14.2. The average Bonchev–Trinajstić information content (AvgIpc) is 2.90. The number of amides is 2. The fraction of sp³-hybridized carbons (Fsp3) is 0.857. The highest BCUT2D eigenvalue weighted by Crippen LogP contribution is 2.27. The molecular formula is C14H24N2O3. The lowest BCUT2D eigenvalue weighted by atomic mass is 9.92. The summed E-state index contributed by atoms with van der Waals surface area (Å²) in [5, 5.41) is 9.31. The maximum Gasteiger partial charge on any atom is 0.326 e. The molecule has 1 aliphatic heterocycles. The number of rotatable bonds is 2. The van der Waals surface area contributed by atoms with Gasteiger partial charge in [0, 0.05) is 19.6 Å². The number of carbonyl (C=O) groups is 2. The summed E-state index contributed by atoms with van der Waals surface area (Å²) in [6.45, 7) is 2.62. The van der Waals surface area contributed by atoms with Gasteiger partial charge in [0.2, 0.25) is 0 Å². The molecule has 1 N–H and O–H groups in total. The minimum atomic E-state index is -0.875. The Morgan fingerprint density at radius 2 is 1.84 bits per heavy atom. The van der Waals surface area contributed by atoms with Crippen LogP contribution in [0.4, 0.5) is 4.79 Å². The lowest BCUT2D eigenvalue weighted by Crippen LogP contribution is -2.55. The molecule has 2 unspecified atom stereocenters. The van der Waals surface area contributed by atoms with Crippen LogP contribution >= 0.6 is 0 Å². The summed E-state index contributed by atoms with van der Waals surface area (Å²) in [6, 6.07) is -0.465. The lowest BCUT2D eigenvalue weighted by Gasteiger charge is -2.39. The molecule has 0 aromatic heterocycles. The van der Waals surface area contributed by atoms with Crippen LogP contribution in [0.25, 0.3) is 0 Å². The van der Waals surface area contributed by atoms with Gasteiger partial charge in [0.1, 0.15) is 6.04 Å². The van der Waals surface area contributed by atoms with Crippen molar-refractivity contribution in [3.63, 3.8) is 0 Å². The zero-order valence-corrected chi connectivity index (χ0v) is 11.8. The van der Waals surface area contributed by atoms with Gasteiger partial charge in [-0.05, 0) is 31.6 Å². The fourth-order valence-electron chi connectivity index (χ4n) is 3.25. The van der Waals surface area contributed by atoms with Crippen LogP contribution < -0.4 is 0 Å². The van der Waals surface area contributed by atoms with Gasteiger partial charge in [-0.3, -0.25) is 0 Å². The van der Waals surface area contributed by atoms with Gasteiger partial charge >= 0.3 is 12.0 Å². The Hall–Kier alpha value is -1.26. The lowest BCUT2D eigenvalue weighted by molar-refractivity contribution is -0.144. The Kier molecular flexibility index (Phi) is 4.32. The first-order chi connectivity index (χ1) is 9.00. The molecule has 108 valence electrons. The van der Waals surface area contributed by atoms with Gasteiger partial charge in [-0.25, -0.2) is 9.59 Å². The maximum atomic E-state index is 12.5.